The molecule has 0 amide bonds. The average molecular weight is 343 g/mol. The molecule has 4 heterocycles. The minimum absolute atomic E-state index is 0.223. The molecule has 0 N–H and O–H groups in total. The fourth-order valence-electron chi connectivity index (χ4n) is 3.75. The maximum Gasteiger partial charge on any atom is 0.225 e. The zero-order chi connectivity index (χ0) is 17.1. The summed E-state index contributed by atoms with van der Waals surface area (Å²) in [5.41, 5.74) is 1.28. The lowest BCUT2D eigenvalue weighted by Gasteiger charge is -2.40. The highest BCUT2D eigenvalue weighted by Gasteiger charge is 2.35. The summed E-state index contributed by atoms with van der Waals surface area (Å²) in [5.74, 6) is 0.194. The number of hydrogen-bond acceptors (Lipinski definition) is 6. The molecule has 2 aliphatic heterocycles. The average Bonchev–Trinajstić information content (AvgIpc) is 2.87. The number of anilines is 1. The SMILES string of the molecule is Fc1cnc(N2CCC3OCCN(Cc4ccncc4)C3CC2)nc1. The van der Waals surface area contributed by atoms with Gasteiger partial charge in [-0.3, -0.25) is 9.88 Å². The van der Waals surface area contributed by atoms with Crippen LogP contribution in [0.3, 0.4) is 0 Å². The third-order valence-corrected chi connectivity index (χ3v) is 5.01. The predicted octanol–water partition coefficient (Wildman–Crippen LogP) is 1.88. The van der Waals surface area contributed by atoms with Crippen LogP contribution in [0.1, 0.15) is 18.4 Å². The first-order valence-electron chi connectivity index (χ1n) is 8.76. The van der Waals surface area contributed by atoms with Gasteiger partial charge in [0.25, 0.3) is 0 Å². The first-order valence-corrected chi connectivity index (χ1v) is 8.76. The molecule has 0 radical (unpaired) electrons. The first-order chi connectivity index (χ1) is 12.3. The van der Waals surface area contributed by atoms with Gasteiger partial charge in [-0.2, -0.15) is 0 Å². The van der Waals surface area contributed by atoms with Crippen molar-refractivity contribution in [2.24, 2.45) is 0 Å². The maximum absolute atomic E-state index is 13.1. The van der Waals surface area contributed by atoms with Gasteiger partial charge in [0, 0.05) is 44.6 Å². The summed E-state index contributed by atoms with van der Waals surface area (Å²) in [7, 11) is 0. The number of ether oxygens (including phenoxy) is 1. The van der Waals surface area contributed by atoms with E-state index in [0.29, 0.717) is 12.0 Å². The van der Waals surface area contributed by atoms with Crippen molar-refractivity contribution in [3.63, 3.8) is 0 Å². The van der Waals surface area contributed by atoms with Gasteiger partial charge >= 0.3 is 0 Å². The highest BCUT2D eigenvalue weighted by atomic mass is 19.1. The molecular weight excluding hydrogens is 321 g/mol. The van der Waals surface area contributed by atoms with Gasteiger partial charge in [-0.25, -0.2) is 14.4 Å². The summed E-state index contributed by atoms with van der Waals surface area (Å²) in [5, 5.41) is 0. The second-order valence-electron chi connectivity index (χ2n) is 6.57. The van der Waals surface area contributed by atoms with Crippen LogP contribution in [0, 0.1) is 5.82 Å². The Hall–Kier alpha value is -2.12. The number of rotatable bonds is 3. The lowest BCUT2D eigenvalue weighted by atomic mass is 10.0. The molecule has 0 spiro atoms. The summed E-state index contributed by atoms with van der Waals surface area (Å²) in [6, 6.07) is 4.52. The molecule has 4 rings (SSSR count). The van der Waals surface area contributed by atoms with E-state index in [1.165, 1.54) is 18.0 Å². The van der Waals surface area contributed by atoms with E-state index in [1.54, 1.807) is 0 Å². The minimum Gasteiger partial charge on any atom is -0.375 e. The van der Waals surface area contributed by atoms with Gasteiger partial charge < -0.3 is 9.64 Å². The van der Waals surface area contributed by atoms with Gasteiger partial charge in [0.1, 0.15) is 0 Å². The van der Waals surface area contributed by atoms with Gasteiger partial charge in [-0.05, 0) is 30.5 Å². The van der Waals surface area contributed by atoms with E-state index in [2.05, 4.69) is 36.9 Å². The highest BCUT2D eigenvalue weighted by Crippen LogP contribution is 2.26. The first kappa shape index (κ1) is 16.4. The Balaban J connectivity index is 1.46. The van der Waals surface area contributed by atoms with Crippen LogP contribution in [0.4, 0.5) is 10.3 Å². The molecule has 0 aromatic carbocycles. The van der Waals surface area contributed by atoms with Crippen molar-refractivity contribution in [3.8, 4) is 0 Å². The number of fused-ring (bicyclic) bond motifs is 1. The van der Waals surface area contributed by atoms with Gasteiger partial charge in [0.15, 0.2) is 5.82 Å². The van der Waals surface area contributed by atoms with Crippen molar-refractivity contribution in [1.29, 1.82) is 0 Å². The predicted molar refractivity (Wildman–Crippen MR) is 91.6 cm³/mol. The molecule has 2 unspecified atom stereocenters. The molecule has 2 aromatic rings. The number of aromatic nitrogens is 3. The van der Waals surface area contributed by atoms with Crippen LogP contribution in [0.15, 0.2) is 36.9 Å². The quantitative estimate of drug-likeness (QED) is 0.848. The Morgan fingerprint density at radius 1 is 1.08 bits per heavy atom. The molecule has 6 nitrogen and oxygen atoms in total. The smallest absolute Gasteiger partial charge is 0.225 e. The summed E-state index contributed by atoms with van der Waals surface area (Å²) >= 11 is 0. The molecule has 2 aliphatic rings. The molecule has 0 aliphatic carbocycles. The molecule has 2 saturated heterocycles. The number of nitrogens with zero attached hydrogens (tertiary/aromatic N) is 5. The summed E-state index contributed by atoms with van der Waals surface area (Å²) in [6.45, 7) is 4.30. The Morgan fingerprint density at radius 2 is 1.84 bits per heavy atom. The lowest BCUT2D eigenvalue weighted by molar-refractivity contribution is -0.0746. The van der Waals surface area contributed by atoms with Crippen LogP contribution in [0.25, 0.3) is 0 Å². The standard InChI is InChI=1S/C18H22FN5O/c19-15-11-21-18(22-12-15)23-7-3-16-17(4-8-23)25-10-9-24(16)13-14-1-5-20-6-2-14/h1-2,5-6,11-12,16-17H,3-4,7-10,13H2. The van der Waals surface area contributed by atoms with Crippen molar-refractivity contribution < 1.29 is 9.13 Å². The van der Waals surface area contributed by atoms with Gasteiger partial charge in [0.2, 0.25) is 5.95 Å². The number of morpholine rings is 1. The van der Waals surface area contributed by atoms with Crippen LogP contribution in [-0.2, 0) is 11.3 Å². The van der Waals surface area contributed by atoms with Crippen molar-refractivity contribution in [3.05, 3.63) is 48.3 Å². The van der Waals surface area contributed by atoms with Crippen molar-refractivity contribution in [1.82, 2.24) is 19.9 Å². The van der Waals surface area contributed by atoms with Crippen LogP contribution < -0.4 is 4.90 Å². The summed E-state index contributed by atoms with van der Waals surface area (Å²) in [6.07, 6.45) is 8.27. The largest absolute Gasteiger partial charge is 0.375 e. The van der Waals surface area contributed by atoms with E-state index in [-0.39, 0.29) is 6.10 Å². The lowest BCUT2D eigenvalue weighted by Crippen LogP contribution is -2.50. The second kappa shape index (κ2) is 7.41. The number of hydrogen-bond donors (Lipinski definition) is 0. The summed E-state index contributed by atoms with van der Waals surface area (Å²) < 4.78 is 19.1. The van der Waals surface area contributed by atoms with E-state index in [9.17, 15) is 4.39 Å². The molecule has 132 valence electrons. The molecule has 2 aromatic heterocycles. The molecule has 0 bridgehead atoms. The Kier molecular flexibility index (Phi) is 4.85. The van der Waals surface area contributed by atoms with Gasteiger partial charge in [-0.1, -0.05) is 0 Å². The highest BCUT2D eigenvalue weighted by molar-refractivity contribution is 5.29. The normalized spacial score (nSPS) is 24.6. The monoisotopic (exact) mass is 343 g/mol. The third-order valence-electron chi connectivity index (χ3n) is 5.01. The Morgan fingerprint density at radius 3 is 2.64 bits per heavy atom. The topological polar surface area (TPSA) is 54.4 Å². The van der Waals surface area contributed by atoms with Crippen molar-refractivity contribution in [2.75, 3.05) is 31.1 Å². The zero-order valence-electron chi connectivity index (χ0n) is 14.1. The van der Waals surface area contributed by atoms with Crippen LogP contribution >= 0.6 is 0 Å². The summed E-state index contributed by atoms with van der Waals surface area (Å²) in [4.78, 5) is 17.0. The fraction of sp³-hybridized carbons (Fsp3) is 0.500. The van der Waals surface area contributed by atoms with Crippen molar-refractivity contribution in [2.45, 2.75) is 31.5 Å². The van der Waals surface area contributed by atoms with E-state index in [1.807, 2.05) is 12.4 Å². The Labute approximate surface area is 146 Å². The fourth-order valence-corrected chi connectivity index (χ4v) is 3.75. The second-order valence-corrected chi connectivity index (χ2v) is 6.57. The Bertz CT molecular complexity index is 684. The van der Waals surface area contributed by atoms with Gasteiger partial charge in [0.05, 0.1) is 25.1 Å². The van der Waals surface area contributed by atoms with Gasteiger partial charge in [-0.15, -0.1) is 0 Å². The zero-order valence-corrected chi connectivity index (χ0v) is 14.1. The molecular formula is C18H22FN5O. The molecule has 2 fully saturated rings. The van der Waals surface area contributed by atoms with Crippen LogP contribution in [-0.4, -0.2) is 58.2 Å². The number of halogens is 1. The van der Waals surface area contributed by atoms with Crippen LogP contribution in [0.5, 0.6) is 0 Å². The van der Waals surface area contributed by atoms with Crippen molar-refractivity contribution >= 4 is 5.95 Å². The number of pyridine rings is 1. The van der Waals surface area contributed by atoms with E-state index in [0.717, 1.165) is 45.6 Å². The molecule has 2 atom stereocenters. The van der Waals surface area contributed by atoms with Crippen LogP contribution in [0.2, 0.25) is 0 Å². The molecule has 0 saturated carbocycles. The molecule has 25 heavy (non-hydrogen) atoms. The van der Waals surface area contributed by atoms with E-state index in [4.69, 9.17) is 4.74 Å². The van der Waals surface area contributed by atoms with E-state index < -0.39 is 5.82 Å². The van der Waals surface area contributed by atoms with E-state index >= 15 is 0 Å². The minimum atomic E-state index is -0.404. The maximum atomic E-state index is 13.1. The third kappa shape index (κ3) is 3.77. The molecule has 7 heteroatoms.